The summed E-state index contributed by atoms with van der Waals surface area (Å²) in [7, 11) is 0. The van der Waals surface area contributed by atoms with Crippen LogP contribution in [0.5, 0.6) is 5.75 Å². The lowest BCUT2D eigenvalue weighted by molar-refractivity contribution is 0.0679. The maximum absolute atomic E-state index is 9.12. The summed E-state index contributed by atoms with van der Waals surface area (Å²) >= 11 is 0. The predicted molar refractivity (Wildman–Crippen MR) is 83.5 cm³/mol. The van der Waals surface area contributed by atoms with Crippen LogP contribution in [0.25, 0.3) is 0 Å². The molecule has 1 aliphatic rings. The third-order valence-corrected chi connectivity index (χ3v) is 4.15. The summed E-state index contributed by atoms with van der Waals surface area (Å²) in [6.45, 7) is 6.66. The van der Waals surface area contributed by atoms with E-state index in [-0.39, 0.29) is 18.6 Å². The molecule has 2 N–H and O–H groups in total. The van der Waals surface area contributed by atoms with Gasteiger partial charge in [-0.15, -0.1) is 0 Å². The number of benzene rings is 1. The van der Waals surface area contributed by atoms with Crippen LogP contribution in [0.3, 0.4) is 0 Å². The Bertz CT molecular complexity index is 401. The highest BCUT2D eigenvalue weighted by atomic mass is 16.5. The molecule has 3 atom stereocenters. The predicted octanol–water partition coefficient (Wildman–Crippen LogP) is 2.35. The largest absolute Gasteiger partial charge is 0.491 e. The number of aliphatic hydroxyl groups excluding tert-OH is 1. The van der Waals surface area contributed by atoms with Gasteiger partial charge in [0.05, 0.1) is 6.10 Å². The lowest BCUT2D eigenvalue weighted by atomic mass is 10.0. The Kier molecular flexibility index (Phi) is 6.49. The van der Waals surface area contributed by atoms with Gasteiger partial charge in [-0.05, 0) is 43.4 Å². The minimum absolute atomic E-state index is 0.212. The van der Waals surface area contributed by atoms with Crippen LogP contribution >= 0.6 is 0 Å². The molecule has 0 radical (unpaired) electrons. The van der Waals surface area contributed by atoms with Gasteiger partial charge in [-0.25, -0.2) is 0 Å². The fourth-order valence-electron chi connectivity index (χ4n) is 2.31. The van der Waals surface area contributed by atoms with Crippen molar-refractivity contribution in [2.45, 2.75) is 45.4 Å². The highest BCUT2D eigenvalue weighted by Gasteiger charge is 2.16. The molecule has 21 heavy (non-hydrogen) atoms. The van der Waals surface area contributed by atoms with E-state index in [1.807, 2.05) is 19.1 Å². The summed E-state index contributed by atoms with van der Waals surface area (Å²) in [6, 6.07) is 8.46. The second kappa shape index (κ2) is 8.37. The van der Waals surface area contributed by atoms with Gasteiger partial charge in [0.25, 0.3) is 0 Å². The molecule has 3 unspecified atom stereocenters. The van der Waals surface area contributed by atoms with Gasteiger partial charge >= 0.3 is 0 Å². The van der Waals surface area contributed by atoms with E-state index in [1.54, 1.807) is 0 Å². The van der Waals surface area contributed by atoms with Gasteiger partial charge < -0.3 is 19.9 Å². The van der Waals surface area contributed by atoms with Crippen molar-refractivity contribution < 1.29 is 14.6 Å². The van der Waals surface area contributed by atoms with Crippen LogP contribution in [0.15, 0.2) is 24.3 Å². The van der Waals surface area contributed by atoms with E-state index < -0.39 is 0 Å². The monoisotopic (exact) mass is 293 g/mol. The van der Waals surface area contributed by atoms with Gasteiger partial charge in [-0.2, -0.15) is 0 Å². The molecule has 4 heteroatoms. The SMILES string of the molecule is CC(CO)C(C)NCc1ccc(OCC2CCCO2)cc1. The molecule has 0 amide bonds. The molecule has 1 heterocycles. The molecule has 0 saturated carbocycles. The molecule has 4 nitrogen and oxygen atoms in total. The third kappa shape index (κ3) is 5.30. The Morgan fingerprint density at radius 1 is 1.33 bits per heavy atom. The van der Waals surface area contributed by atoms with Crippen molar-refractivity contribution in [3.8, 4) is 5.75 Å². The number of rotatable bonds is 8. The van der Waals surface area contributed by atoms with Crippen molar-refractivity contribution in [1.82, 2.24) is 5.32 Å². The average molecular weight is 293 g/mol. The fourth-order valence-corrected chi connectivity index (χ4v) is 2.31. The summed E-state index contributed by atoms with van der Waals surface area (Å²) in [6.07, 6.45) is 2.50. The topological polar surface area (TPSA) is 50.7 Å². The summed E-state index contributed by atoms with van der Waals surface area (Å²) in [5.41, 5.74) is 1.22. The van der Waals surface area contributed by atoms with Crippen molar-refractivity contribution in [3.05, 3.63) is 29.8 Å². The van der Waals surface area contributed by atoms with Crippen molar-refractivity contribution in [2.75, 3.05) is 19.8 Å². The maximum Gasteiger partial charge on any atom is 0.119 e. The molecule has 0 aromatic heterocycles. The van der Waals surface area contributed by atoms with Gasteiger partial charge in [0.2, 0.25) is 0 Å². The number of ether oxygens (including phenoxy) is 2. The molecule has 1 aromatic rings. The first-order valence-electron chi connectivity index (χ1n) is 7.86. The zero-order valence-electron chi connectivity index (χ0n) is 13.0. The molecular weight excluding hydrogens is 266 g/mol. The maximum atomic E-state index is 9.12. The molecule has 1 aromatic carbocycles. The van der Waals surface area contributed by atoms with Crippen LogP contribution in [0, 0.1) is 5.92 Å². The summed E-state index contributed by atoms with van der Waals surface area (Å²) in [4.78, 5) is 0. The summed E-state index contributed by atoms with van der Waals surface area (Å²) in [5.74, 6) is 1.16. The van der Waals surface area contributed by atoms with E-state index in [0.717, 1.165) is 31.7 Å². The number of hydrogen-bond donors (Lipinski definition) is 2. The quantitative estimate of drug-likeness (QED) is 0.772. The minimum atomic E-state index is 0.212. The summed E-state index contributed by atoms with van der Waals surface area (Å²) < 4.78 is 11.3. The molecule has 0 spiro atoms. The zero-order valence-corrected chi connectivity index (χ0v) is 13.0. The number of aliphatic hydroxyl groups is 1. The first-order chi connectivity index (χ1) is 10.2. The fraction of sp³-hybridized carbons (Fsp3) is 0.647. The van der Waals surface area contributed by atoms with Crippen molar-refractivity contribution in [2.24, 2.45) is 5.92 Å². The molecule has 0 bridgehead atoms. The van der Waals surface area contributed by atoms with E-state index in [1.165, 1.54) is 5.56 Å². The number of nitrogens with one attached hydrogen (secondary N) is 1. The smallest absolute Gasteiger partial charge is 0.119 e. The van der Waals surface area contributed by atoms with Crippen LogP contribution in [0.2, 0.25) is 0 Å². The minimum Gasteiger partial charge on any atom is -0.491 e. The average Bonchev–Trinajstić information content (AvgIpc) is 3.04. The van der Waals surface area contributed by atoms with Crippen LogP contribution in [-0.2, 0) is 11.3 Å². The first-order valence-corrected chi connectivity index (χ1v) is 7.86. The Morgan fingerprint density at radius 3 is 2.71 bits per heavy atom. The van der Waals surface area contributed by atoms with E-state index in [2.05, 4.69) is 24.4 Å². The van der Waals surface area contributed by atoms with Crippen LogP contribution in [0.1, 0.15) is 32.3 Å². The Hall–Kier alpha value is -1.10. The Labute approximate surface area is 127 Å². The van der Waals surface area contributed by atoms with Crippen LogP contribution in [0.4, 0.5) is 0 Å². The molecule has 2 rings (SSSR count). The molecule has 1 saturated heterocycles. The van der Waals surface area contributed by atoms with Crippen molar-refractivity contribution in [3.63, 3.8) is 0 Å². The highest BCUT2D eigenvalue weighted by molar-refractivity contribution is 5.27. The molecule has 1 aliphatic heterocycles. The second-order valence-electron chi connectivity index (χ2n) is 5.92. The van der Waals surface area contributed by atoms with Crippen LogP contribution in [-0.4, -0.2) is 37.1 Å². The van der Waals surface area contributed by atoms with E-state index in [0.29, 0.717) is 12.6 Å². The molecule has 118 valence electrons. The van der Waals surface area contributed by atoms with Crippen molar-refractivity contribution >= 4 is 0 Å². The van der Waals surface area contributed by atoms with E-state index in [4.69, 9.17) is 14.6 Å². The van der Waals surface area contributed by atoms with Gasteiger partial charge in [-0.1, -0.05) is 19.1 Å². The summed E-state index contributed by atoms with van der Waals surface area (Å²) in [5, 5.41) is 12.5. The Balaban J connectivity index is 1.73. The number of hydrogen-bond acceptors (Lipinski definition) is 4. The van der Waals surface area contributed by atoms with Gasteiger partial charge in [-0.3, -0.25) is 0 Å². The van der Waals surface area contributed by atoms with Gasteiger partial charge in [0, 0.05) is 25.8 Å². The molecular formula is C17H27NO3. The van der Waals surface area contributed by atoms with Gasteiger partial charge in [0.15, 0.2) is 0 Å². The van der Waals surface area contributed by atoms with E-state index in [9.17, 15) is 0 Å². The standard InChI is InChI=1S/C17H27NO3/c1-13(11-19)14(2)18-10-15-5-7-16(8-6-15)21-12-17-4-3-9-20-17/h5-8,13-14,17-19H,3-4,9-12H2,1-2H3. The lowest BCUT2D eigenvalue weighted by Gasteiger charge is -2.19. The Morgan fingerprint density at radius 2 is 2.10 bits per heavy atom. The molecule has 0 aliphatic carbocycles. The normalized spacial score (nSPS) is 21.2. The van der Waals surface area contributed by atoms with E-state index >= 15 is 0 Å². The third-order valence-electron chi connectivity index (χ3n) is 4.15. The molecule has 1 fully saturated rings. The highest BCUT2D eigenvalue weighted by Crippen LogP contribution is 2.16. The van der Waals surface area contributed by atoms with Gasteiger partial charge in [0.1, 0.15) is 12.4 Å². The first kappa shape index (κ1) is 16.3. The lowest BCUT2D eigenvalue weighted by Crippen LogP contribution is -2.33. The van der Waals surface area contributed by atoms with Crippen LogP contribution < -0.4 is 10.1 Å². The second-order valence-corrected chi connectivity index (χ2v) is 5.92. The zero-order chi connectivity index (χ0) is 15.1. The van der Waals surface area contributed by atoms with Crippen molar-refractivity contribution in [1.29, 1.82) is 0 Å².